The standard InChI is InChI=1S/C12H14N4/c1-2-6-13-9(4-1)11-8-15-12(16-11)10-5-3-7-14-10/h1-2,4,6,8,10,14H,3,5,7H2,(H,15,16). The molecule has 1 atom stereocenters. The topological polar surface area (TPSA) is 53.6 Å². The van der Waals surface area contributed by atoms with Gasteiger partial charge in [0, 0.05) is 6.20 Å². The van der Waals surface area contributed by atoms with Crippen molar-refractivity contribution in [3.63, 3.8) is 0 Å². The molecular weight excluding hydrogens is 200 g/mol. The largest absolute Gasteiger partial charge is 0.339 e. The summed E-state index contributed by atoms with van der Waals surface area (Å²) in [5, 5.41) is 3.42. The fourth-order valence-corrected chi connectivity index (χ4v) is 2.08. The molecule has 4 nitrogen and oxygen atoms in total. The Balaban J connectivity index is 1.87. The molecule has 2 aromatic heterocycles. The van der Waals surface area contributed by atoms with E-state index in [4.69, 9.17) is 0 Å². The minimum absolute atomic E-state index is 0.387. The van der Waals surface area contributed by atoms with Gasteiger partial charge in [-0.2, -0.15) is 0 Å². The number of hydrogen-bond donors (Lipinski definition) is 2. The van der Waals surface area contributed by atoms with Crippen LogP contribution in [0.4, 0.5) is 0 Å². The number of nitrogens with one attached hydrogen (secondary N) is 2. The summed E-state index contributed by atoms with van der Waals surface area (Å²) < 4.78 is 0. The van der Waals surface area contributed by atoms with Crippen LogP contribution in [-0.2, 0) is 0 Å². The molecule has 1 unspecified atom stereocenters. The van der Waals surface area contributed by atoms with Crippen molar-refractivity contribution in [2.24, 2.45) is 0 Å². The molecule has 3 heterocycles. The monoisotopic (exact) mass is 214 g/mol. The van der Waals surface area contributed by atoms with E-state index < -0.39 is 0 Å². The molecule has 82 valence electrons. The molecule has 2 N–H and O–H groups in total. The third-order valence-electron chi connectivity index (χ3n) is 2.93. The highest BCUT2D eigenvalue weighted by Crippen LogP contribution is 2.22. The molecule has 3 rings (SSSR count). The number of aromatic amines is 1. The van der Waals surface area contributed by atoms with E-state index >= 15 is 0 Å². The summed E-state index contributed by atoms with van der Waals surface area (Å²) >= 11 is 0. The van der Waals surface area contributed by atoms with Gasteiger partial charge in [-0.3, -0.25) is 4.98 Å². The number of hydrogen-bond acceptors (Lipinski definition) is 3. The fourth-order valence-electron chi connectivity index (χ4n) is 2.08. The van der Waals surface area contributed by atoms with Crippen molar-refractivity contribution in [3.8, 4) is 11.4 Å². The highest BCUT2D eigenvalue weighted by Gasteiger charge is 2.19. The molecule has 0 aliphatic carbocycles. The summed E-state index contributed by atoms with van der Waals surface area (Å²) in [5.41, 5.74) is 1.93. The molecule has 0 radical (unpaired) electrons. The molecule has 0 amide bonds. The molecule has 1 saturated heterocycles. The average molecular weight is 214 g/mol. The third kappa shape index (κ3) is 1.72. The van der Waals surface area contributed by atoms with E-state index in [1.165, 1.54) is 6.42 Å². The minimum Gasteiger partial charge on any atom is -0.339 e. The smallest absolute Gasteiger partial charge is 0.123 e. The quantitative estimate of drug-likeness (QED) is 0.802. The number of nitrogens with zero attached hydrogens (tertiary/aromatic N) is 2. The fraction of sp³-hybridized carbons (Fsp3) is 0.333. The first-order chi connectivity index (χ1) is 7.93. The van der Waals surface area contributed by atoms with Crippen molar-refractivity contribution in [1.82, 2.24) is 20.3 Å². The van der Waals surface area contributed by atoms with E-state index in [0.29, 0.717) is 6.04 Å². The number of aromatic nitrogens is 3. The van der Waals surface area contributed by atoms with Gasteiger partial charge in [-0.15, -0.1) is 0 Å². The van der Waals surface area contributed by atoms with E-state index in [1.807, 2.05) is 24.4 Å². The zero-order valence-electron chi connectivity index (χ0n) is 8.98. The van der Waals surface area contributed by atoms with Crippen LogP contribution in [0, 0.1) is 0 Å². The molecule has 4 heteroatoms. The summed E-state index contributed by atoms with van der Waals surface area (Å²) in [7, 11) is 0. The van der Waals surface area contributed by atoms with E-state index in [-0.39, 0.29) is 0 Å². The maximum Gasteiger partial charge on any atom is 0.123 e. The van der Waals surface area contributed by atoms with Crippen LogP contribution in [0.2, 0.25) is 0 Å². The Morgan fingerprint density at radius 1 is 1.25 bits per heavy atom. The molecule has 1 aliphatic rings. The second-order valence-corrected chi connectivity index (χ2v) is 4.05. The molecule has 1 fully saturated rings. The lowest BCUT2D eigenvalue weighted by Crippen LogP contribution is -2.14. The van der Waals surface area contributed by atoms with Gasteiger partial charge in [0.05, 0.1) is 23.6 Å². The van der Waals surface area contributed by atoms with Crippen molar-refractivity contribution in [2.75, 3.05) is 6.54 Å². The Morgan fingerprint density at radius 2 is 2.25 bits per heavy atom. The summed E-state index contributed by atoms with van der Waals surface area (Å²) in [5.74, 6) is 1.03. The van der Waals surface area contributed by atoms with Crippen LogP contribution >= 0.6 is 0 Å². The lowest BCUT2D eigenvalue weighted by atomic mass is 10.2. The van der Waals surface area contributed by atoms with Gasteiger partial charge >= 0.3 is 0 Å². The van der Waals surface area contributed by atoms with E-state index in [9.17, 15) is 0 Å². The van der Waals surface area contributed by atoms with Gasteiger partial charge in [0.2, 0.25) is 0 Å². The predicted molar refractivity (Wildman–Crippen MR) is 61.8 cm³/mol. The molecule has 1 aliphatic heterocycles. The summed E-state index contributed by atoms with van der Waals surface area (Å²) in [4.78, 5) is 12.0. The van der Waals surface area contributed by atoms with Crippen LogP contribution in [0.3, 0.4) is 0 Å². The molecular formula is C12H14N4. The van der Waals surface area contributed by atoms with Crippen molar-refractivity contribution in [1.29, 1.82) is 0 Å². The van der Waals surface area contributed by atoms with Gasteiger partial charge in [0.15, 0.2) is 0 Å². The SMILES string of the molecule is c1ccc(-c2cnc(C3CCCN3)[nH]2)nc1. The number of rotatable bonds is 2. The molecule has 16 heavy (non-hydrogen) atoms. The predicted octanol–water partition coefficient (Wildman–Crippen LogP) is 1.90. The van der Waals surface area contributed by atoms with Crippen molar-refractivity contribution in [3.05, 3.63) is 36.4 Å². The minimum atomic E-state index is 0.387. The molecule has 2 aromatic rings. The van der Waals surface area contributed by atoms with Crippen molar-refractivity contribution < 1.29 is 0 Å². The zero-order chi connectivity index (χ0) is 10.8. The molecule has 0 spiro atoms. The van der Waals surface area contributed by atoms with Gasteiger partial charge in [-0.05, 0) is 31.5 Å². The van der Waals surface area contributed by atoms with E-state index in [0.717, 1.165) is 30.2 Å². The van der Waals surface area contributed by atoms with Crippen LogP contribution in [-0.4, -0.2) is 21.5 Å². The Bertz CT molecular complexity index is 457. The molecule has 0 saturated carbocycles. The highest BCUT2D eigenvalue weighted by atomic mass is 15.0. The van der Waals surface area contributed by atoms with Gasteiger partial charge in [-0.1, -0.05) is 6.07 Å². The first-order valence-electron chi connectivity index (χ1n) is 5.63. The molecule has 0 bridgehead atoms. The first kappa shape index (κ1) is 9.54. The van der Waals surface area contributed by atoms with Gasteiger partial charge in [0.1, 0.15) is 5.82 Å². The first-order valence-corrected chi connectivity index (χ1v) is 5.63. The Labute approximate surface area is 94.1 Å². The lowest BCUT2D eigenvalue weighted by molar-refractivity contribution is 0.613. The van der Waals surface area contributed by atoms with Crippen molar-refractivity contribution in [2.45, 2.75) is 18.9 Å². The van der Waals surface area contributed by atoms with Crippen LogP contribution in [0.5, 0.6) is 0 Å². The summed E-state index contributed by atoms with van der Waals surface area (Å²) in [6, 6.07) is 6.27. The second-order valence-electron chi connectivity index (χ2n) is 4.05. The number of imidazole rings is 1. The van der Waals surface area contributed by atoms with Gasteiger partial charge in [0.25, 0.3) is 0 Å². The van der Waals surface area contributed by atoms with Gasteiger partial charge < -0.3 is 10.3 Å². The molecule has 0 aromatic carbocycles. The third-order valence-corrected chi connectivity index (χ3v) is 2.93. The lowest BCUT2D eigenvalue weighted by Gasteiger charge is -2.05. The number of H-pyrrole nitrogens is 1. The van der Waals surface area contributed by atoms with E-state index in [2.05, 4.69) is 20.3 Å². The maximum atomic E-state index is 4.42. The normalized spacial score (nSPS) is 20.1. The summed E-state index contributed by atoms with van der Waals surface area (Å²) in [6.45, 7) is 1.09. The van der Waals surface area contributed by atoms with Gasteiger partial charge in [-0.25, -0.2) is 4.98 Å². The van der Waals surface area contributed by atoms with Crippen LogP contribution in [0.25, 0.3) is 11.4 Å². The van der Waals surface area contributed by atoms with Crippen LogP contribution in [0.1, 0.15) is 24.7 Å². The average Bonchev–Trinajstić information content (AvgIpc) is 3.01. The maximum absolute atomic E-state index is 4.42. The van der Waals surface area contributed by atoms with Crippen molar-refractivity contribution >= 4 is 0 Å². The zero-order valence-corrected chi connectivity index (χ0v) is 8.98. The van der Waals surface area contributed by atoms with E-state index in [1.54, 1.807) is 6.20 Å². The van der Waals surface area contributed by atoms with Crippen LogP contribution in [0.15, 0.2) is 30.6 Å². The second kappa shape index (κ2) is 4.06. The Morgan fingerprint density at radius 3 is 3.00 bits per heavy atom. The summed E-state index contributed by atoms with van der Waals surface area (Å²) in [6.07, 6.45) is 6.04. The highest BCUT2D eigenvalue weighted by molar-refractivity contribution is 5.52. The number of pyridine rings is 1. The Hall–Kier alpha value is -1.68. The Kier molecular flexibility index (Phi) is 2.42. The van der Waals surface area contributed by atoms with Crippen LogP contribution < -0.4 is 5.32 Å².